The van der Waals surface area contributed by atoms with Crippen LogP contribution in [0.15, 0.2) is 115 Å². The molecule has 7 rings (SSSR count). The van der Waals surface area contributed by atoms with Gasteiger partial charge in [0, 0.05) is 24.2 Å². The highest BCUT2D eigenvalue weighted by molar-refractivity contribution is 5.98. The molecule has 1 N–H and O–H groups in total. The number of carbonyl (C=O) groups excluding carboxylic acids is 1. The van der Waals surface area contributed by atoms with E-state index in [-0.39, 0.29) is 5.97 Å². The van der Waals surface area contributed by atoms with E-state index < -0.39 is 5.60 Å². The Morgan fingerprint density at radius 1 is 0.690 bits per heavy atom. The molecule has 0 bridgehead atoms. The number of carbonyl (C=O) groups is 1. The Hall–Kier alpha value is -5.03. The number of benzene rings is 5. The number of para-hydroxylation sites is 1. The van der Waals surface area contributed by atoms with Gasteiger partial charge in [-0.05, 0) is 67.8 Å². The van der Waals surface area contributed by atoms with Crippen molar-refractivity contribution < 1.29 is 14.3 Å². The minimum Gasteiger partial charge on any atom is -0.456 e. The van der Waals surface area contributed by atoms with Gasteiger partial charge in [-0.2, -0.15) is 0 Å². The monoisotopic (exact) mass is 552 g/mol. The highest BCUT2D eigenvalue weighted by Crippen LogP contribution is 2.58. The summed E-state index contributed by atoms with van der Waals surface area (Å²) in [6.07, 6.45) is 0.858. The Bertz CT molecular complexity index is 1790. The molecule has 5 nitrogen and oxygen atoms in total. The molecule has 2 heterocycles. The zero-order chi connectivity index (χ0) is 28.7. The summed E-state index contributed by atoms with van der Waals surface area (Å²) >= 11 is 0. The van der Waals surface area contributed by atoms with Crippen molar-refractivity contribution in [3.8, 4) is 11.5 Å². The van der Waals surface area contributed by atoms with E-state index in [4.69, 9.17) is 9.47 Å². The van der Waals surface area contributed by atoms with Crippen LogP contribution in [-0.2, 0) is 16.8 Å². The van der Waals surface area contributed by atoms with Gasteiger partial charge in [0.2, 0.25) is 0 Å². The Labute approximate surface area is 246 Å². The van der Waals surface area contributed by atoms with E-state index in [1.165, 1.54) is 11.1 Å². The van der Waals surface area contributed by atoms with Crippen molar-refractivity contribution in [3.05, 3.63) is 149 Å². The van der Waals surface area contributed by atoms with E-state index in [1.807, 2.05) is 72.8 Å². The minimum absolute atomic E-state index is 0.336. The van der Waals surface area contributed by atoms with Crippen molar-refractivity contribution in [2.75, 3.05) is 23.3 Å². The lowest BCUT2D eigenvalue weighted by molar-refractivity contribution is 0.0227. The molecular weight excluding hydrogens is 520 g/mol. The molecule has 5 aromatic rings. The summed E-state index contributed by atoms with van der Waals surface area (Å²) < 4.78 is 12.9. The molecule has 0 saturated carbocycles. The fourth-order valence-corrected chi connectivity index (χ4v) is 6.38. The molecule has 1 spiro atoms. The van der Waals surface area contributed by atoms with Crippen LogP contribution in [0.1, 0.15) is 52.0 Å². The van der Waals surface area contributed by atoms with Crippen molar-refractivity contribution >= 4 is 23.0 Å². The van der Waals surface area contributed by atoms with E-state index in [9.17, 15) is 4.79 Å². The molecule has 5 aromatic carbocycles. The van der Waals surface area contributed by atoms with Gasteiger partial charge >= 0.3 is 5.97 Å². The molecule has 0 amide bonds. The van der Waals surface area contributed by atoms with Crippen molar-refractivity contribution in [1.82, 2.24) is 0 Å². The van der Waals surface area contributed by atoms with Gasteiger partial charge in [-0.1, -0.05) is 78.9 Å². The number of esters is 1. The maximum atomic E-state index is 13.3. The average molecular weight is 553 g/mol. The lowest BCUT2D eigenvalue weighted by Crippen LogP contribution is -2.33. The predicted molar refractivity (Wildman–Crippen MR) is 167 cm³/mol. The number of rotatable bonds is 7. The van der Waals surface area contributed by atoms with Crippen LogP contribution >= 0.6 is 0 Å². The van der Waals surface area contributed by atoms with Crippen molar-refractivity contribution in [2.24, 2.45) is 0 Å². The SMILES string of the molecule is CCN(CC)c1cc(Cc2ccccc2)ccc1Nc1cccc2c1C1(OC(=O)c3ccccc31)c1ccccc1O2. The second-order valence-electron chi connectivity index (χ2n) is 10.7. The second kappa shape index (κ2) is 10.4. The van der Waals surface area contributed by atoms with Crippen molar-refractivity contribution in [2.45, 2.75) is 25.9 Å². The Kier molecular flexibility index (Phi) is 6.43. The largest absolute Gasteiger partial charge is 0.456 e. The molecule has 0 saturated heterocycles. The normalized spacial score (nSPS) is 16.2. The first-order chi connectivity index (χ1) is 20.6. The number of nitrogens with one attached hydrogen (secondary N) is 1. The van der Waals surface area contributed by atoms with E-state index in [0.717, 1.165) is 53.3 Å². The fraction of sp³-hybridized carbons (Fsp3) is 0.162. The van der Waals surface area contributed by atoms with E-state index in [1.54, 1.807) is 0 Å². The molecule has 0 aromatic heterocycles. The first-order valence-electron chi connectivity index (χ1n) is 14.5. The first-order valence-corrected chi connectivity index (χ1v) is 14.5. The predicted octanol–water partition coefficient (Wildman–Crippen LogP) is 8.44. The van der Waals surface area contributed by atoms with Crippen LogP contribution in [0.25, 0.3) is 0 Å². The number of ether oxygens (including phenoxy) is 2. The summed E-state index contributed by atoms with van der Waals surface area (Å²) in [7, 11) is 0. The van der Waals surface area contributed by atoms with Crippen molar-refractivity contribution in [3.63, 3.8) is 0 Å². The minimum atomic E-state index is -1.13. The standard InChI is InChI=1S/C37H32N2O3/c1-3-39(4-2)32-24-26(23-25-13-6-5-7-14-25)21-22-30(32)38-31-18-12-20-34-35(31)37(29-17-10-11-19-33(29)41-34)28-16-9-8-15-27(28)36(40)42-37/h5-22,24,38H,3-4,23H2,1-2H3. The molecule has 1 atom stereocenters. The molecule has 1 unspecified atom stereocenters. The van der Waals surface area contributed by atoms with Crippen LogP contribution in [0.3, 0.4) is 0 Å². The molecular formula is C37H32N2O3. The summed E-state index contributed by atoms with van der Waals surface area (Å²) in [4.78, 5) is 15.7. The molecule has 0 aliphatic carbocycles. The Balaban J connectivity index is 1.38. The zero-order valence-electron chi connectivity index (χ0n) is 23.8. The average Bonchev–Trinajstić information content (AvgIpc) is 3.32. The summed E-state index contributed by atoms with van der Waals surface area (Å²) in [6, 6.07) is 38.6. The zero-order valence-corrected chi connectivity index (χ0v) is 23.8. The van der Waals surface area contributed by atoms with Crippen LogP contribution in [0.4, 0.5) is 17.1 Å². The van der Waals surface area contributed by atoms with Gasteiger partial charge in [0.1, 0.15) is 11.5 Å². The van der Waals surface area contributed by atoms with Gasteiger partial charge in [0.25, 0.3) is 0 Å². The maximum absolute atomic E-state index is 13.3. The van der Waals surface area contributed by atoms with Gasteiger partial charge in [-0.15, -0.1) is 0 Å². The number of nitrogens with zero attached hydrogens (tertiary/aromatic N) is 1. The second-order valence-corrected chi connectivity index (χ2v) is 10.7. The number of fused-ring (bicyclic) bond motifs is 6. The number of hydrogen-bond acceptors (Lipinski definition) is 5. The number of hydrogen-bond donors (Lipinski definition) is 1. The molecule has 42 heavy (non-hydrogen) atoms. The summed E-state index contributed by atoms with van der Waals surface area (Å²) in [5.41, 5.74) is 7.33. The molecule has 208 valence electrons. The third-order valence-electron chi connectivity index (χ3n) is 8.32. The van der Waals surface area contributed by atoms with Gasteiger partial charge in [0.15, 0.2) is 5.60 Å². The summed E-state index contributed by atoms with van der Waals surface area (Å²) in [6.45, 7) is 6.10. The van der Waals surface area contributed by atoms with E-state index >= 15 is 0 Å². The lowest BCUT2D eigenvalue weighted by atomic mass is 9.77. The van der Waals surface area contributed by atoms with Gasteiger partial charge in [-0.25, -0.2) is 4.79 Å². The first kappa shape index (κ1) is 25.9. The Morgan fingerprint density at radius 3 is 2.21 bits per heavy atom. The van der Waals surface area contributed by atoms with Crippen LogP contribution in [0, 0.1) is 0 Å². The van der Waals surface area contributed by atoms with Crippen LogP contribution in [0.5, 0.6) is 11.5 Å². The smallest absolute Gasteiger partial charge is 0.340 e. The highest BCUT2D eigenvalue weighted by Gasteiger charge is 2.54. The van der Waals surface area contributed by atoms with E-state index in [0.29, 0.717) is 17.1 Å². The molecule has 2 aliphatic heterocycles. The van der Waals surface area contributed by atoms with Crippen LogP contribution < -0.4 is 15.0 Å². The third kappa shape index (κ3) is 4.12. The molecule has 0 radical (unpaired) electrons. The van der Waals surface area contributed by atoms with E-state index in [2.05, 4.69) is 66.5 Å². The fourth-order valence-electron chi connectivity index (χ4n) is 6.38. The lowest BCUT2D eigenvalue weighted by Gasteiger charge is -2.38. The summed E-state index contributed by atoms with van der Waals surface area (Å²) in [5.74, 6) is 1.01. The van der Waals surface area contributed by atoms with Gasteiger partial charge in [-0.3, -0.25) is 0 Å². The highest BCUT2D eigenvalue weighted by atomic mass is 16.6. The molecule has 2 aliphatic rings. The van der Waals surface area contributed by atoms with Crippen molar-refractivity contribution in [1.29, 1.82) is 0 Å². The summed E-state index contributed by atoms with van der Waals surface area (Å²) in [5, 5.41) is 3.76. The molecule has 0 fully saturated rings. The maximum Gasteiger partial charge on any atom is 0.340 e. The quantitative estimate of drug-likeness (QED) is 0.205. The van der Waals surface area contributed by atoms with Gasteiger partial charge in [0.05, 0.1) is 28.2 Å². The molecule has 5 heteroatoms. The number of anilines is 3. The van der Waals surface area contributed by atoms with Crippen LogP contribution in [0.2, 0.25) is 0 Å². The van der Waals surface area contributed by atoms with Crippen LogP contribution in [-0.4, -0.2) is 19.1 Å². The Morgan fingerprint density at radius 2 is 1.40 bits per heavy atom. The topological polar surface area (TPSA) is 50.8 Å². The third-order valence-corrected chi connectivity index (χ3v) is 8.32. The van der Waals surface area contributed by atoms with Gasteiger partial charge < -0.3 is 19.7 Å².